The number of carbonyl (C=O) groups excluding carboxylic acids is 1. The number of ether oxygens (including phenoxy) is 2. The highest BCUT2D eigenvalue weighted by Crippen LogP contribution is 2.38. The minimum Gasteiger partial charge on any atom is -0.436 e. The number of carbonyl (C=O) groups is 1. The summed E-state index contributed by atoms with van der Waals surface area (Å²) in [4.78, 5) is 11.5. The Bertz CT molecular complexity index is 807. The summed E-state index contributed by atoms with van der Waals surface area (Å²) in [6.45, 7) is 11.0. The summed E-state index contributed by atoms with van der Waals surface area (Å²) in [5, 5.41) is 2.44. The number of benzene rings is 2. The van der Waals surface area contributed by atoms with E-state index in [1.165, 1.54) is 17.3 Å². The number of unbranched alkanes of at least 4 members (excludes halogenated alkanes) is 1. The minimum absolute atomic E-state index is 0.0763. The molecule has 32 heavy (non-hydrogen) atoms. The van der Waals surface area contributed by atoms with Crippen LogP contribution in [0, 0.1) is 5.92 Å². The van der Waals surface area contributed by atoms with E-state index >= 15 is 0 Å². The molecule has 1 saturated heterocycles. The Morgan fingerprint density at radius 1 is 1.03 bits per heavy atom. The number of rotatable bonds is 9. The molecule has 0 bridgehead atoms. The van der Waals surface area contributed by atoms with Crippen LogP contribution in [0.5, 0.6) is 0 Å². The van der Waals surface area contributed by atoms with Crippen LogP contribution in [-0.4, -0.2) is 33.3 Å². The predicted molar refractivity (Wildman–Crippen MR) is 132 cm³/mol. The Hall–Kier alpha value is -1.95. The summed E-state index contributed by atoms with van der Waals surface area (Å²) in [5.74, 6) is 0.0373. The maximum atomic E-state index is 11.5. The van der Waals surface area contributed by atoms with Crippen molar-refractivity contribution in [3.8, 4) is 0 Å². The summed E-state index contributed by atoms with van der Waals surface area (Å²) >= 11 is 0. The molecule has 0 saturated carbocycles. The quantitative estimate of drug-likeness (QED) is 0.393. The molecule has 0 aliphatic carbocycles. The van der Waals surface area contributed by atoms with Gasteiger partial charge in [-0.25, -0.2) is 0 Å². The molecule has 1 heterocycles. The van der Waals surface area contributed by atoms with Gasteiger partial charge in [-0.05, 0) is 27.8 Å². The molecule has 0 N–H and O–H groups in total. The third kappa shape index (κ3) is 5.51. The molecule has 5 heteroatoms. The van der Waals surface area contributed by atoms with Gasteiger partial charge in [-0.2, -0.15) is 0 Å². The van der Waals surface area contributed by atoms with Crippen LogP contribution in [0.2, 0.25) is 5.04 Å². The average molecular weight is 455 g/mol. The van der Waals surface area contributed by atoms with Crippen molar-refractivity contribution >= 4 is 24.7 Å². The highest BCUT2D eigenvalue weighted by atomic mass is 28.4. The monoisotopic (exact) mass is 454 g/mol. The molecule has 0 radical (unpaired) electrons. The van der Waals surface area contributed by atoms with Crippen LogP contribution in [0.4, 0.5) is 0 Å². The fourth-order valence-corrected chi connectivity index (χ4v) is 9.51. The first-order valence-electron chi connectivity index (χ1n) is 11.9. The van der Waals surface area contributed by atoms with E-state index in [0.29, 0.717) is 12.5 Å². The fraction of sp³-hybridized carbons (Fsp3) is 0.519. The Morgan fingerprint density at radius 2 is 1.59 bits per heavy atom. The normalized spacial score (nSPS) is 21.5. The first-order valence-corrected chi connectivity index (χ1v) is 13.8. The summed E-state index contributed by atoms with van der Waals surface area (Å²) in [6, 6.07) is 21.3. The van der Waals surface area contributed by atoms with Crippen molar-refractivity contribution in [2.24, 2.45) is 5.92 Å². The van der Waals surface area contributed by atoms with Crippen LogP contribution in [0.3, 0.4) is 0 Å². The zero-order chi connectivity index (χ0) is 23.2. The van der Waals surface area contributed by atoms with Gasteiger partial charge < -0.3 is 13.9 Å². The van der Waals surface area contributed by atoms with E-state index in [9.17, 15) is 4.79 Å². The highest BCUT2D eigenvalue weighted by molar-refractivity contribution is 6.99. The van der Waals surface area contributed by atoms with Gasteiger partial charge in [-0.3, -0.25) is 4.79 Å². The van der Waals surface area contributed by atoms with Gasteiger partial charge >= 0.3 is 5.97 Å². The SMILES string of the molecule is CCCC[C@H]1C[C@@H](OC(C)=O)O[C@@H]1CO[Si](c1ccccc1)(c1ccccc1)C(C)(C)C. The Kier molecular flexibility index (Phi) is 8.31. The van der Waals surface area contributed by atoms with Crippen LogP contribution in [-0.2, 0) is 18.7 Å². The lowest BCUT2D eigenvalue weighted by atomic mass is 9.95. The van der Waals surface area contributed by atoms with Gasteiger partial charge in [0.25, 0.3) is 8.32 Å². The van der Waals surface area contributed by atoms with Crippen LogP contribution < -0.4 is 10.4 Å². The fourth-order valence-electron chi connectivity index (χ4n) is 4.94. The lowest BCUT2D eigenvalue weighted by Gasteiger charge is -2.43. The van der Waals surface area contributed by atoms with Gasteiger partial charge in [-0.15, -0.1) is 0 Å². The smallest absolute Gasteiger partial charge is 0.304 e. The number of hydrogen-bond donors (Lipinski definition) is 0. The van der Waals surface area contributed by atoms with Gasteiger partial charge in [0.05, 0.1) is 12.7 Å². The van der Waals surface area contributed by atoms with Crippen molar-refractivity contribution in [3.05, 3.63) is 60.7 Å². The molecule has 0 unspecified atom stereocenters. The molecule has 0 spiro atoms. The van der Waals surface area contributed by atoms with Gasteiger partial charge in [0, 0.05) is 13.3 Å². The summed E-state index contributed by atoms with van der Waals surface area (Å²) in [6.07, 6.45) is 3.53. The average Bonchev–Trinajstić information content (AvgIpc) is 3.14. The van der Waals surface area contributed by atoms with E-state index in [2.05, 4.69) is 88.4 Å². The van der Waals surface area contributed by atoms with Crippen LogP contribution >= 0.6 is 0 Å². The lowest BCUT2D eigenvalue weighted by molar-refractivity contribution is -0.174. The molecule has 1 aliphatic rings. The lowest BCUT2D eigenvalue weighted by Crippen LogP contribution is -2.67. The number of esters is 1. The molecule has 1 aliphatic heterocycles. The maximum absolute atomic E-state index is 11.5. The maximum Gasteiger partial charge on any atom is 0.304 e. The molecular formula is C27H38O4Si. The van der Waals surface area contributed by atoms with Crippen molar-refractivity contribution in [1.29, 1.82) is 0 Å². The van der Waals surface area contributed by atoms with Crippen LogP contribution in [0.25, 0.3) is 0 Å². The minimum atomic E-state index is -2.62. The molecular weight excluding hydrogens is 416 g/mol. The standard InChI is InChI=1S/C27H38O4Si/c1-6-7-14-22-19-26(30-21(2)28)31-25(22)20-29-32(27(3,4)5,23-15-10-8-11-16-23)24-17-12-9-13-18-24/h8-13,15-18,22,25-26H,6-7,14,19-20H2,1-5H3/t22-,25+,26-/m0/s1. The van der Waals surface area contributed by atoms with Crippen molar-refractivity contribution < 1.29 is 18.7 Å². The summed E-state index contributed by atoms with van der Waals surface area (Å²) in [7, 11) is -2.62. The van der Waals surface area contributed by atoms with Crippen LogP contribution in [0.1, 0.15) is 60.3 Å². The molecule has 0 amide bonds. The molecule has 3 rings (SSSR count). The van der Waals surface area contributed by atoms with Gasteiger partial charge in [0.15, 0.2) is 0 Å². The van der Waals surface area contributed by atoms with Crippen LogP contribution in [0.15, 0.2) is 60.7 Å². The van der Waals surface area contributed by atoms with E-state index in [1.807, 2.05) is 0 Å². The molecule has 2 aromatic rings. The number of hydrogen-bond acceptors (Lipinski definition) is 4. The van der Waals surface area contributed by atoms with E-state index in [1.54, 1.807) is 0 Å². The van der Waals surface area contributed by atoms with Gasteiger partial charge in [-0.1, -0.05) is 101 Å². The van der Waals surface area contributed by atoms with Crippen molar-refractivity contribution in [2.45, 2.75) is 77.7 Å². The zero-order valence-electron chi connectivity index (χ0n) is 20.2. The topological polar surface area (TPSA) is 44.8 Å². The molecule has 4 nitrogen and oxygen atoms in total. The van der Waals surface area contributed by atoms with E-state index in [4.69, 9.17) is 13.9 Å². The second-order valence-electron chi connectivity index (χ2n) is 9.83. The zero-order valence-corrected chi connectivity index (χ0v) is 21.2. The molecule has 2 aromatic carbocycles. The van der Waals surface area contributed by atoms with Gasteiger partial charge in [0.2, 0.25) is 6.29 Å². The highest BCUT2D eigenvalue weighted by Gasteiger charge is 2.51. The first kappa shape index (κ1) is 24.7. The molecule has 3 atom stereocenters. The third-order valence-electron chi connectivity index (χ3n) is 6.45. The summed E-state index contributed by atoms with van der Waals surface area (Å²) in [5.41, 5.74) is 0. The van der Waals surface area contributed by atoms with Crippen molar-refractivity contribution in [3.63, 3.8) is 0 Å². The predicted octanol–water partition coefficient (Wildman–Crippen LogP) is 5.05. The third-order valence-corrected chi connectivity index (χ3v) is 11.5. The Morgan fingerprint density at radius 3 is 2.06 bits per heavy atom. The second-order valence-corrected chi connectivity index (χ2v) is 14.1. The first-order chi connectivity index (χ1) is 15.3. The van der Waals surface area contributed by atoms with Crippen molar-refractivity contribution in [1.82, 2.24) is 0 Å². The van der Waals surface area contributed by atoms with Gasteiger partial charge in [0.1, 0.15) is 0 Å². The second kappa shape index (κ2) is 10.8. The van der Waals surface area contributed by atoms with E-state index in [0.717, 1.165) is 25.7 Å². The van der Waals surface area contributed by atoms with E-state index in [-0.39, 0.29) is 17.1 Å². The largest absolute Gasteiger partial charge is 0.436 e. The summed E-state index contributed by atoms with van der Waals surface area (Å²) < 4.78 is 18.7. The van der Waals surface area contributed by atoms with Crippen molar-refractivity contribution in [2.75, 3.05) is 6.61 Å². The molecule has 1 fully saturated rings. The Labute approximate surface area is 194 Å². The molecule has 174 valence electrons. The van der Waals surface area contributed by atoms with E-state index < -0.39 is 14.6 Å². The molecule has 0 aromatic heterocycles. The Balaban J connectivity index is 1.93.